The van der Waals surface area contributed by atoms with Gasteiger partial charge in [0.05, 0.1) is 45.9 Å². The molecular weight excluding hydrogens is 783 g/mol. The first kappa shape index (κ1) is 45.3. The van der Waals surface area contributed by atoms with Crippen LogP contribution in [0.3, 0.4) is 0 Å². The van der Waals surface area contributed by atoms with Crippen molar-refractivity contribution in [3.8, 4) is 17.2 Å². The number of nitrogens with one attached hydrogen (secondary N) is 1. The van der Waals surface area contributed by atoms with Crippen LogP contribution in [0, 0.1) is 5.41 Å². The number of rotatable bonds is 20. The molecule has 5 aromatic rings. The number of aliphatic hydroxyl groups is 1. The Morgan fingerprint density at radius 1 is 0.677 bits per heavy atom. The summed E-state index contributed by atoms with van der Waals surface area (Å²) in [5, 5.41) is 22.5. The molecule has 1 saturated heterocycles. The summed E-state index contributed by atoms with van der Waals surface area (Å²) in [4.78, 5) is 30.1. The average molecular weight is 842 g/mol. The number of amides is 2. The van der Waals surface area contributed by atoms with Crippen molar-refractivity contribution in [1.82, 2.24) is 10.2 Å². The molecule has 2 amide bonds. The van der Waals surface area contributed by atoms with Crippen LogP contribution in [0.4, 0.5) is 17.1 Å². The molecule has 1 aliphatic rings. The zero-order valence-electron chi connectivity index (χ0n) is 36.5. The molecule has 12 nitrogen and oxygen atoms in total. The monoisotopic (exact) mass is 841 g/mol. The SMILES string of the molecule is COc1ccc(C(OCC2(CO)CCN(C(=O)CCCCCNC(=O)c3ccc(N=Nc4ccc(N(C)C)cc4)cc3)CC2)(c2ccc(OC)cc2)c2ccc(OC)cc2)cc1. The summed E-state index contributed by atoms with van der Waals surface area (Å²) in [7, 11) is 8.89. The lowest BCUT2D eigenvalue weighted by Crippen LogP contribution is -2.48. The Bertz CT molecular complexity index is 2090. The molecule has 6 rings (SSSR count). The van der Waals surface area contributed by atoms with Crippen LogP contribution in [0.1, 0.15) is 65.6 Å². The summed E-state index contributed by atoms with van der Waals surface area (Å²) in [5.74, 6) is 2.13. The van der Waals surface area contributed by atoms with Crippen molar-refractivity contribution in [1.29, 1.82) is 0 Å². The summed E-state index contributed by atoms with van der Waals surface area (Å²) >= 11 is 0. The number of carbonyl (C=O) groups excluding carboxylic acids is 2. The molecule has 0 bridgehead atoms. The number of nitrogens with zero attached hydrogens (tertiary/aromatic N) is 4. The molecule has 0 aliphatic carbocycles. The molecule has 0 spiro atoms. The Kier molecular flexibility index (Phi) is 15.7. The van der Waals surface area contributed by atoms with Gasteiger partial charge in [0.1, 0.15) is 22.8 Å². The number of anilines is 1. The van der Waals surface area contributed by atoms with E-state index in [-0.39, 0.29) is 25.0 Å². The van der Waals surface area contributed by atoms with E-state index in [2.05, 4.69) is 15.5 Å². The molecule has 1 heterocycles. The quantitative estimate of drug-likeness (QED) is 0.0451. The molecule has 0 saturated carbocycles. The van der Waals surface area contributed by atoms with Gasteiger partial charge in [-0.25, -0.2) is 0 Å². The Morgan fingerprint density at radius 2 is 1.15 bits per heavy atom. The molecule has 0 atom stereocenters. The molecular formula is C50H59N5O7. The Labute approximate surface area is 365 Å². The summed E-state index contributed by atoms with van der Waals surface area (Å²) in [6, 6.07) is 38.4. The average Bonchev–Trinajstić information content (AvgIpc) is 3.33. The normalized spacial score (nSPS) is 13.7. The van der Waals surface area contributed by atoms with E-state index < -0.39 is 11.0 Å². The van der Waals surface area contributed by atoms with Crippen molar-refractivity contribution in [3.05, 3.63) is 144 Å². The third-order valence-electron chi connectivity index (χ3n) is 11.7. The topological polar surface area (TPSA) is 135 Å². The van der Waals surface area contributed by atoms with E-state index in [9.17, 15) is 14.7 Å². The van der Waals surface area contributed by atoms with Gasteiger partial charge in [-0.1, -0.05) is 42.8 Å². The van der Waals surface area contributed by atoms with Crippen molar-refractivity contribution >= 4 is 28.9 Å². The second-order valence-electron chi connectivity index (χ2n) is 15.9. The fourth-order valence-electron chi connectivity index (χ4n) is 7.72. The minimum absolute atomic E-state index is 0.0770. The number of benzene rings is 5. The number of aliphatic hydroxyl groups excluding tert-OH is 1. The molecule has 0 radical (unpaired) electrons. The molecule has 0 aromatic heterocycles. The number of methoxy groups -OCH3 is 3. The molecule has 0 unspecified atom stereocenters. The first-order valence-electron chi connectivity index (χ1n) is 21.2. The number of ether oxygens (including phenoxy) is 4. The van der Waals surface area contributed by atoms with Crippen LogP contribution in [-0.4, -0.2) is 90.1 Å². The second-order valence-corrected chi connectivity index (χ2v) is 15.9. The highest BCUT2D eigenvalue weighted by molar-refractivity contribution is 5.94. The molecule has 1 aliphatic heterocycles. The van der Waals surface area contributed by atoms with Gasteiger partial charge in [-0.2, -0.15) is 10.2 Å². The van der Waals surface area contributed by atoms with Crippen LogP contribution < -0.4 is 24.4 Å². The van der Waals surface area contributed by atoms with Crippen LogP contribution in [0.15, 0.2) is 132 Å². The van der Waals surface area contributed by atoms with Crippen LogP contribution in [0.2, 0.25) is 0 Å². The molecule has 5 aromatic carbocycles. The fourth-order valence-corrected chi connectivity index (χ4v) is 7.72. The fraction of sp³-hybridized carbons (Fsp3) is 0.360. The lowest BCUT2D eigenvalue weighted by Gasteiger charge is -2.44. The number of likely N-dealkylation sites (tertiary alicyclic amines) is 1. The zero-order chi connectivity index (χ0) is 44.0. The van der Waals surface area contributed by atoms with E-state index in [4.69, 9.17) is 18.9 Å². The number of piperidine rings is 1. The first-order valence-corrected chi connectivity index (χ1v) is 21.2. The highest BCUT2D eigenvalue weighted by Gasteiger charge is 2.43. The zero-order valence-corrected chi connectivity index (χ0v) is 36.5. The number of hydrogen-bond donors (Lipinski definition) is 2. The number of carbonyl (C=O) groups is 2. The Hall–Kier alpha value is -6.24. The molecule has 2 N–H and O–H groups in total. The van der Waals surface area contributed by atoms with Gasteiger partial charge in [0, 0.05) is 56.8 Å². The highest BCUT2D eigenvalue weighted by Crippen LogP contribution is 2.45. The predicted molar refractivity (Wildman–Crippen MR) is 242 cm³/mol. The van der Waals surface area contributed by atoms with Gasteiger partial charge in [-0.05, 0) is 127 Å². The lowest BCUT2D eigenvalue weighted by atomic mass is 9.77. The van der Waals surface area contributed by atoms with Gasteiger partial charge in [0.15, 0.2) is 0 Å². The van der Waals surface area contributed by atoms with E-state index in [0.29, 0.717) is 50.1 Å². The number of azo groups is 1. The van der Waals surface area contributed by atoms with Crippen LogP contribution in [0.25, 0.3) is 0 Å². The van der Waals surface area contributed by atoms with E-state index >= 15 is 0 Å². The Morgan fingerprint density at radius 3 is 1.58 bits per heavy atom. The standard InChI is InChI=1S/C50H59N5O7/c1-54(2)43-22-20-42(21-23-43)53-52-41-18-10-37(11-19-41)48(58)51-32-8-6-7-9-47(57)55-33-30-49(35-56,31-34-55)36-62-50(38-12-24-44(59-3)25-13-38,39-14-26-45(60-4)27-15-39)40-16-28-46(61-5)29-17-40/h10-29,56H,6-9,30-36H2,1-5H3,(H,51,58). The van der Waals surface area contributed by atoms with Gasteiger partial charge in [0.2, 0.25) is 5.91 Å². The van der Waals surface area contributed by atoms with Gasteiger partial charge in [0.25, 0.3) is 5.91 Å². The van der Waals surface area contributed by atoms with E-state index in [0.717, 1.165) is 64.6 Å². The van der Waals surface area contributed by atoms with Gasteiger partial charge in [-0.15, -0.1) is 0 Å². The van der Waals surface area contributed by atoms with Crippen molar-refractivity contribution < 1.29 is 33.6 Å². The number of hydrogen-bond acceptors (Lipinski definition) is 10. The van der Waals surface area contributed by atoms with Crippen LogP contribution in [-0.2, 0) is 15.1 Å². The molecule has 1 fully saturated rings. The van der Waals surface area contributed by atoms with Crippen molar-refractivity contribution in [2.45, 2.75) is 44.1 Å². The Balaban J connectivity index is 1.00. The maximum absolute atomic E-state index is 13.4. The third-order valence-corrected chi connectivity index (χ3v) is 11.7. The van der Waals surface area contributed by atoms with E-state index in [1.165, 1.54) is 0 Å². The van der Waals surface area contributed by atoms with Gasteiger partial charge >= 0.3 is 0 Å². The minimum atomic E-state index is -1.06. The lowest BCUT2D eigenvalue weighted by molar-refractivity contribution is -0.137. The smallest absolute Gasteiger partial charge is 0.251 e. The van der Waals surface area contributed by atoms with Crippen LogP contribution >= 0.6 is 0 Å². The maximum atomic E-state index is 13.4. The highest BCUT2D eigenvalue weighted by atomic mass is 16.5. The second kappa shape index (κ2) is 21.5. The summed E-state index contributed by atoms with van der Waals surface area (Å²) in [5.41, 5.74) is 4.11. The molecule has 326 valence electrons. The van der Waals surface area contributed by atoms with E-state index in [1.807, 2.05) is 121 Å². The summed E-state index contributed by atoms with van der Waals surface area (Å²) in [6.45, 7) is 1.76. The third kappa shape index (κ3) is 11.2. The van der Waals surface area contributed by atoms with Crippen molar-refractivity contribution in [3.63, 3.8) is 0 Å². The van der Waals surface area contributed by atoms with Crippen molar-refractivity contribution in [2.24, 2.45) is 15.6 Å². The van der Waals surface area contributed by atoms with Gasteiger partial charge in [-0.3, -0.25) is 9.59 Å². The summed E-state index contributed by atoms with van der Waals surface area (Å²) < 4.78 is 23.7. The maximum Gasteiger partial charge on any atom is 0.251 e. The predicted octanol–water partition coefficient (Wildman–Crippen LogP) is 9.09. The van der Waals surface area contributed by atoms with E-state index in [1.54, 1.807) is 45.6 Å². The van der Waals surface area contributed by atoms with Crippen molar-refractivity contribution in [2.75, 3.05) is 73.2 Å². The molecule has 12 heteroatoms. The summed E-state index contributed by atoms with van der Waals surface area (Å²) in [6.07, 6.45) is 3.93. The number of unbranched alkanes of at least 4 members (excludes halogenated alkanes) is 2. The largest absolute Gasteiger partial charge is 0.497 e. The first-order chi connectivity index (χ1) is 30.1. The molecule has 62 heavy (non-hydrogen) atoms. The van der Waals surface area contributed by atoms with Gasteiger partial charge < -0.3 is 39.2 Å². The minimum Gasteiger partial charge on any atom is -0.497 e. The van der Waals surface area contributed by atoms with Crippen LogP contribution in [0.5, 0.6) is 17.2 Å².